The lowest BCUT2D eigenvalue weighted by Gasteiger charge is -2.35. The molecule has 1 aliphatic carbocycles. The second-order valence-corrected chi connectivity index (χ2v) is 9.46. The van der Waals surface area contributed by atoms with Crippen LogP contribution in [0.25, 0.3) is 21.8 Å². The molecule has 3 aromatic rings. The van der Waals surface area contributed by atoms with Crippen LogP contribution in [-0.4, -0.2) is 69.4 Å². The molecular formula is C24H28F3N5O2. The maximum Gasteiger partial charge on any atom is 0.390 e. The van der Waals surface area contributed by atoms with E-state index in [0.29, 0.717) is 42.6 Å². The predicted octanol–water partition coefficient (Wildman–Crippen LogP) is 4.01. The topological polar surface area (TPSA) is 74.2 Å². The molecule has 1 N–H and O–H groups in total. The van der Waals surface area contributed by atoms with Crippen LogP contribution >= 0.6 is 0 Å². The lowest BCUT2D eigenvalue weighted by molar-refractivity contribution is -0.138. The van der Waals surface area contributed by atoms with Gasteiger partial charge in [0.05, 0.1) is 35.1 Å². The number of fused-ring (bicyclic) bond motifs is 3. The van der Waals surface area contributed by atoms with Crippen LogP contribution in [0.2, 0.25) is 0 Å². The van der Waals surface area contributed by atoms with Gasteiger partial charge in [-0.2, -0.15) is 18.3 Å². The third kappa shape index (κ3) is 4.31. The van der Waals surface area contributed by atoms with E-state index >= 15 is 0 Å². The standard InChI is InChI=1S/C24H28F3N5O2/c1-15-12-20-18(21-19(22(33)29-20)14-28-32(21)16-4-2-3-5-16)13-17(15)23(34)31-10-8-30(9-11-31)7-6-24(25,26)27/h12-14,16H,2-11H2,1H3,(H,29,33). The summed E-state index contributed by atoms with van der Waals surface area (Å²) in [5.74, 6) is -0.138. The van der Waals surface area contributed by atoms with Gasteiger partial charge in [-0.25, -0.2) is 0 Å². The Balaban J connectivity index is 1.45. The molecule has 1 saturated heterocycles. The Morgan fingerprint density at radius 1 is 1.12 bits per heavy atom. The van der Waals surface area contributed by atoms with Gasteiger partial charge in [0.25, 0.3) is 11.5 Å². The molecule has 1 saturated carbocycles. The number of aromatic nitrogens is 3. The third-order valence-corrected chi connectivity index (χ3v) is 7.18. The molecule has 5 rings (SSSR count). The highest BCUT2D eigenvalue weighted by atomic mass is 19.4. The lowest BCUT2D eigenvalue weighted by Crippen LogP contribution is -2.49. The Labute approximate surface area is 194 Å². The number of benzene rings is 1. The van der Waals surface area contributed by atoms with Crippen LogP contribution in [0.3, 0.4) is 0 Å². The summed E-state index contributed by atoms with van der Waals surface area (Å²) >= 11 is 0. The molecule has 2 fully saturated rings. The number of hydrogen-bond donors (Lipinski definition) is 1. The Morgan fingerprint density at radius 2 is 1.82 bits per heavy atom. The number of carbonyl (C=O) groups is 1. The fourth-order valence-electron chi connectivity index (χ4n) is 5.28. The first-order chi connectivity index (χ1) is 16.2. The van der Waals surface area contributed by atoms with Gasteiger partial charge in [-0.15, -0.1) is 0 Å². The fourth-order valence-corrected chi connectivity index (χ4v) is 5.28. The fraction of sp³-hybridized carbons (Fsp3) is 0.542. The molecule has 0 atom stereocenters. The van der Waals surface area contributed by atoms with Crippen molar-refractivity contribution in [1.29, 1.82) is 0 Å². The van der Waals surface area contributed by atoms with Gasteiger partial charge in [0.2, 0.25) is 0 Å². The average Bonchev–Trinajstić information content (AvgIpc) is 3.47. The SMILES string of the molecule is Cc1cc2[nH]c(=O)c3cnn(C4CCCC4)c3c2cc1C(=O)N1CCN(CCC(F)(F)F)CC1. The molecule has 1 aromatic carbocycles. The molecular weight excluding hydrogens is 447 g/mol. The molecule has 0 radical (unpaired) electrons. The van der Waals surface area contributed by atoms with E-state index in [1.807, 2.05) is 23.7 Å². The number of nitrogens with one attached hydrogen (secondary N) is 1. The molecule has 1 aliphatic heterocycles. The largest absolute Gasteiger partial charge is 0.390 e. The molecule has 0 spiro atoms. The summed E-state index contributed by atoms with van der Waals surface area (Å²) in [7, 11) is 0. The van der Waals surface area contributed by atoms with Gasteiger partial charge in [-0.1, -0.05) is 12.8 Å². The highest BCUT2D eigenvalue weighted by Gasteiger charge is 2.30. The van der Waals surface area contributed by atoms with E-state index in [1.165, 1.54) is 0 Å². The smallest absolute Gasteiger partial charge is 0.336 e. The first kappa shape index (κ1) is 22.9. The molecule has 7 nitrogen and oxygen atoms in total. The van der Waals surface area contributed by atoms with Crippen molar-refractivity contribution in [3.8, 4) is 0 Å². The molecule has 2 aromatic heterocycles. The number of nitrogens with zero attached hydrogens (tertiary/aromatic N) is 4. The van der Waals surface area contributed by atoms with E-state index in [1.54, 1.807) is 16.0 Å². The number of carbonyl (C=O) groups excluding carboxylic acids is 1. The summed E-state index contributed by atoms with van der Waals surface area (Å²) < 4.78 is 39.5. The van der Waals surface area contributed by atoms with Crippen molar-refractivity contribution in [2.45, 2.75) is 51.2 Å². The van der Waals surface area contributed by atoms with Crippen LogP contribution in [0.4, 0.5) is 13.2 Å². The minimum absolute atomic E-state index is 0.0446. The lowest BCUT2D eigenvalue weighted by atomic mass is 10.0. The number of halogens is 3. The van der Waals surface area contributed by atoms with Gasteiger partial charge in [0.1, 0.15) is 0 Å². The van der Waals surface area contributed by atoms with Gasteiger partial charge in [-0.05, 0) is 37.5 Å². The van der Waals surface area contributed by atoms with Gasteiger partial charge >= 0.3 is 6.18 Å². The van der Waals surface area contributed by atoms with Crippen molar-refractivity contribution < 1.29 is 18.0 Å². The molecule has 0 unspecified atom stereocenters. The minimum atomic E-state index is -4.17. The van der Waals surface area contributed by atoms with Crippen LogP contribution in [-0.2, 0) is 0 Å². The second-order valence-electron chi connectivity index (χ2n) is 9.46. The number of amides is 1. The van der Waals surface area contributed by atoms with E-state index < -0.39 is 12.6 Å². The summed E-state index contributed by atoms with van der Waals surface area (Å²) in [6.45, 7) is 3.39. The normalized spacial score (nSPS) is 18.4. The Bertz CT molecular complexity index is 1280. The van der Waals surface area contributed by atoms with Crippen molar-refractivity contribution in [2.24, 2.45) is 0 Å². The van der Waals surface area contributed by atoms with E-state index in [-0.39, 0.29) is 24.1 Å². The molecule has 1 amide bonds. The van der Waals surface area contributed by atoms with Gasteiger partial charge in [0.15, 0.2) is 0 Å². The summed E-state index contributed by atoms with van der Waals surface area (Å²) in [5.41, 5.74) is 2.53. The zero-order valence-corrected chi connectivity index (χ0v) is 19.1. The number of alkyl halides is 3. The Morgan fingerprint density at radius 3 is 2.50 bits per heavy atom. The Kier molecular flexibility index (Phi) is 5.87. The van der Waals surface area contributed by atoms with E-state index in [2.05, 4.69) is 10.1 Å². The highest BCUT2D eigenvalue weighted by molar-refractivity contribution is 6.07. The first-order valence-corrected chi connectivity index (χ1v) is 11.8. The van der Waals surface area contributed by atoms with Crippen LogP contribution in [0.5, 0.6) is 0 Å². The van der Waals surface area contributed by atoms with Crippen molar-refractivity contribution in [2.75, 3.05) is 32.7 Å². The number of H-pyrrole nitrogens is 1. The monoisotopic (exact) mass is 475 g/mol. The highest BCUT2D eigenvalue weighted by Crippen LogP contribution is 2.34. The zero-order chi connectivity index (χ0) is 24.0. The van der Waals surface area contributed by atoms with Crippen LogP contribution in [0.1, 0.15) is 54.1 Å². The molecule has 10 heteroatoms. The number of rotatable bonds is 4. The number of piperazine rings is 1. The summed E-state index contributed by atoms with van der Waals surface area (Å²) in [4.78, 5) is 32.5. The Hall–Kier alpha value is -2.88. The summed E-state index contributed by atoms with van der Waals surface area (Å²) in [5, 5.41) is 5.84. The van der Waals surface area contributed by atoms with Gasteiger partial charge < -0.3 is 9.88 Å². The van der Waals surface area contributed by atoms with Crippen molar-refractivity contribution in [3.05, 3.63) is 39.8 Å². The molecule has 182 valence electrons. The van der Waals surface area contributed by atoms with E-state index in [9.17, 15) is 22.8 Å². The van der Waals surface area contributed by atoms with Gasteiger partial charge in [-0.3, -0.25) is 19.2 Å². The molecule has 0 bridgehead atoms. The summed E-state index contributed by atoms with van der Waals surface area (Å²) in [6.07, 6.45) is 0.881. The molecule has 2 aliphatic rings. The maximum absolute atomic E-state index is 13.4. The van der Waals surface area contributed by atoms with Crippen LogP contribution < -0.4 is 5.56 Å². The number of hydrogen-bond acceptors (Lipinski definition) is 4. The van der Waals surface area contributed by atoms with Crippen LogP contribution in [0.15, 0.2) is 23.1 Å². The quantitative estimate of drug-likeness (QED) is 0.619. The van der Waals surface area contributed by atoms with E-state index in [0.717, 1.165) is 42.1 Å². The number of aryl methyl sites for hydroxylation is 1. The molecule has 3 heterocycles. The molecule has 34 heavy (non-hydrogen) atoms. The first-order valence-electron chi connectivity index (χ1n) is 11.8. The summed E-state index contributed by atoms with van der Waals surface area (Å²) in [6, 6.07) is 3.91. The minimum Gasteiger partial charge on any atom is -0.336 e. The number of aromatic amines is 1. The van der Waals surface area contributed by atoms with E-state index in [4.69, 9.17) is 0 Å². The predicted molar refractivity (Wildman–Crippen MR) is 123 cm³/mol. The van der Waals surface area contributed by atoms with Gasteiger partial charge in [0, 0.05) is 43.7 Å². The van der Waals surface area contributed by atoms with Crippen molar-refractivity contribution in [3.63, 3.8) is 0 Å². The van der Waals surface area contributed by atoms with Crippen LogP contribution in [0, 0.1) is 6.92 Å². The maximum atomic E-state index is 13.4. The zero-order valence-electron chi connectivity index (χ0n) is 19.1. The average molecular weight is 476 g/mol. The van der Waals surface area contributed by atoms with Crippen molar-refractivity contribution in [1.82, 2.24) is 24.6 Å². The third-order valence-electron chi connectivity index (χ3n) is 7.18. The van der Waals surface area contributed by atoms with Crippen molar-refractivity contribution >= 4 is 27.7 Å². The number of pyridine rings is 1. The second kappa shape index (κ2) is 8.72.